The molecule has 1 aliphatic rings. The molecule has 1 aromatic rings. The summed E-state index contributed by atoms with van der Waals surface area (Å²) in [4.78, 5) is 24.6. The predicted octanol–water partition coefficient (Wildman–Crippen LogP) is 2.14. The van der Waals surface area contributed by atoms with E-state index >= 15 is 0 Å². The Morgan fingerprint density at radius 1 is 1.48 bits per heavy atom. The maximum Gasteiger partial charge on any atom is 0.270 e. The van der Waals surface area contributed by atoms with Crippen LogP contribution in [0, 0.1) is 23.0 Å². The fourth-order valence-electron chi connectivity index (χ4n) is 2.62. The quantitative estimate of drug-likeness (QED) is 0.684. The predicted molar refractivity (Wildman–Crippen MR) is 82.8 cm³/mol. The Hall–Kier alpha value is -1.66. The molecule has 1 atom stereocenters. The summed E-state index contributed by atoms with van der Waals surface area (Å²) in [6.07, 6.45) is 1.97. The number of rotatable bonds is 3. The molecular weight excluding hydrogens is 294 g/mol. The molecule has 1 heterocycles. The average Bonchev–Trinajstić information content (AvgIpc) is 2.45. The lowest BCUT2D eigenvalue weighted by atomic mass is 9.97. The van der Waals surface area contributed by atoms with Crippen LogP contribution in [-0.4, -0.2) is 35.4 Å². The van der Waals surface area contributed by atoms with Crippen LogP contribution in [0.4, 0.5) is 5.69 Å². The maximum atomic E-state index is 12.5. The van der Waals surface area contributed by atoms with Gasteiger partial charge in [-0.3, -0.25) is 14.9 Å². The number of nitro benzene ring substituents is 1. The molecule has 1 saturated heterocycles. The Bertz CT molecular complexity index is 536. The minimum absolute atomic E-state index is 0. The number of amides is 1. The summed E-state index contributed by atoms with van der Waals surface area (Å²) in [5.74, 6) is 0.183. The van der Waals surface area contributed by atoms with Crippen molar-refractivity contribution >= 4 is 24.0 Å². The number of piperidine rings is 1. The lowest BCUT2D eigenvalue weighted by molar-refractivity contribution is -0.384. The van der Waals surface area contributed by atoms with Crippen molar-refractivity contribution in [1.82, 2.24) is 4.90 Å². The molecule has 1 aliphatic heterocycles. The molecule has 7 heteroatoms. The molecular formula is C14H20ClN3O3. The van der Waals surface area contributed by atoms with Crippen LogP contribution < -0.4 is 5.73 Å². The van der Waals surface area contributed by atoms with E-state index in [2.05, 4.69) is 0 Å². The molecule has 1 fully saturated rings. The van der Waals surface area contributed by atoms with Crippen LogP contribution in [0.3, 0.4) is 0 Å². The number of nitrogens with zero attached hydrogens (tertiary/aromatic N) is 2. The van der Waals surface area contributed by atoms with Gasteiger partial charge in [0.25, 0.3) is 11.6 Å². The molecule has 0 aromatic heterocycles. The summed E-state index contributed by atoms with van der Waals surface area (Å²) in [6.45, 7) is 3.65. The van der Waals surface area contributed by atoms with Gasteiger partial charge in [0, 0.05) is 30.8 Å². The first-order valence-electron chi connectivity index (χ1n) is 6.76. The highest BCUT2D eigenvalue weighted by atomic mass is 35.5. The number of hydrogen-bond donors (Lipinski definition) is 1. The first-order chi connectivity index (χ1) is 9.51. The SMILES string of the molecule is Cc1cc(C(=O)N2CCCC(CN)C2)cc([N+](=O)[O-])c1.Cl. The number of carbonyl (C=O) groups excluding carboxylic acids is 1. The molecule has 2 rings (SSSR count). The smallest absolute Gasteiger partial charge is 0.270 e. The topological polar surface area (TPSA) is 89.5 Å². The normalized spacial score (nSPS) is 18.0. The van der Waals surface area contributed by atoms with Crippen molar-refractivity contribution in [2.24, 2.45) is 11.7 Å². The second kappa shape index (κ2) is 7.38. The van der Waals surface area contributed by atoms with E-state index in [-0.39, 0.29) is 24.0 Å². The van der Waals surface area contributed by atoms with Crippen molar-refractivity contribution in [2.75, 3.05) is 19.6 Å². The monoisotopic (exact) mass is 313 g/mol. The lowest BCUT2D eigenvalue weighted by Crippen LogP contribution is -2.42. The fraction of sp³-hybridized carbons (Fsp3) is 0.500. The van der Waals surface area contributed by atoms with Gasteiger partial charge < -0.3 is 10.6 Å². The third-order valence-corrected chi connectivity index (χ3v) is 3.66. The van der Waals surface area contributed by atoms with E-state index in [0.29, 0.717) is 31.1 Å². The van der Waals surface area contributed by atoms with E-state index in [0.717, 1.165) is 18.4 Å². The van der Waals surface area contributed by atoms with Gasteiger partial charge in [0.05, 0.1) is 4.92 Å². The second-order valence-electron chi connectivity index (χ2n) is 5.31. The van der Waals surface area contributed by atoms with Crippen molar-refractivity contribution in [3.05, 3.63) is 39.4 Å². The Morgan fingerprint density at radius 2 is 2.19 bits per heavy atom. The first kappa shape index (κ1) is 17.4. The number of carbonyl (C=O) groups is 1. The zero-order chi connectivity index (χ0) is 14.7. The van der Waals surface area contributed by atoms with Crippen molar-refractivity contribution in [3.63, 3.8) is 0 Å². The summed E-state index contributed by atoms with van der Waals surface area (Å²) >= 11 is 0. The summed E-state index contributed by atoms with van der Waals surface area (Å²) in [5.41, 5.74) is 6.73. The van der Waals surface area contributed by atoms with Gasteiger partial charge in [-0.05, 0) is 43.9 Å². The van der Waals surface area contributed by atoms with Gasteiger partial charge in [0.1, 0.15) is 0 Å². The highest BCUT2D eigenvalue weighted by Crippen LogP contribution is 2.21. The van der Waals surface area contributed by atoms with Crippen LogP contribution in [0.1, 0.15) is 28.8 Å². The molecule has 1 unspecified atom stereocenters. The molecule has 0 spiro atoms. The number of likely N-dealkylation sites (tertiary alicyclic amines) is 1. The van der Waals surface area contributed by atoms with Gasteiger partial charge in [-0.15, -0.1) is 12.4 Å². The molecule has 0 aliphatic carbocycles. The lowest BCUT2D eigenvalue weighted by Gasteiger charge is -2.32. The summed E-state index contributed by atoms with van der Waals surface area (Å²) in [6, 6.07) is 4.51. The number of non-ortho nitro benzene ring substituents is 1. The van der Waals surface area contributed by atoms with Crippen molar-refractivity contribution in [3.8, 4) is 0 Å². The van der Waals surface area contributed by atoms with E-state index in [1.54, 1.807) is 17.9 Å². The number of aryl methyl sites for hydroxylation is 1. The van der Waals surface area contributed by atoms with Gasteiger partial charge in [0.2, 0.25) is 0 Å². The maximum absolute atomic E-state index is 12.5. The zero-order valence-electron chi connectivity index (χ0n) is 11.9. The van der Waals surface area contributed by atoms with E-state index < -0.39 is 4.92 Å². The highest BCUT2D eigenvalue weighted by molar-refractivity contribution is 5.95. The van der Waals surface area contributed by atoms with Crippen molar-refractivity contribution in [2.45, 2.75) is 19.8 Å². The van der Waals surface area contributed by atoms with Gasteiger partial charge in [-0.25, -0.2) is 0 Å². The third kappa shape index (κ3) is 4.15. The molecule has 0 saturated carbocycles. The summed E-state index contributed by atoms with van der Waals surface area (Å²) in [7, 11) is 0. The van der Waals surface area contributed by atoms with Crippen LogP contribution in [0.5, 0.6) is 0 Å². The number of nitro groups is 1. The zero-order valence-corrected chi connectivity index (χ0v) is 12.8. The standard InChI is InChI=1S/C14H19N3O3.ClH/c1-10-5-12(7-13(6-10)17(19)20)14(18)16-4-2-3-11(8-15)9-16;/h5-7,11H,2-4,8-9,15H2,1H3;1H. The van der Waals surface area contributed by atoms with E-state index in [1.807, 2.05) is 0 Å². The van der Waals surface area contributed by atoms with Crippen LogP contribution >= 0.6 is 12.4 Å². The molecule has 0 bridgehead atoms. The molecule has 0 radical (unpaired) electrons. The van der Waals surface area contributed by atoms with Gasteiger partial charge in [-0.1, -0.05) is 0 Å². The van der Waals surface area contributed by atoms with Crippen molar-refractivity contribution < 1.29 is 9.72 Å². The van der Waals surface area contributed by atoms with Crippen molar-refractivity contribution in [1.29, 1.82) is 0 Å². The highest BCUT2D eigenvalue weighted by Gasteiger charge is 2.24. The number of hydrogen-bond acceptors (Lipinski definition) is 4. The molecule has 2 N–H and O–H groups in total. The van der Waals surface area contributed by atoms with Crippen LogP contribution in [0.15, 0.2) is 18.2 Å². The van der Waals surface area contributed by atoms with Gasteiger partial charge in [0.15, 0.2) is 0 Å². The Labute approximate surface area is 129 Å². The molecule has 6 nitrogen and oxygen atoms in total. The Kier molecular flexibility index (Phi) is 6.11. The van der Waals surface area contributed by atoms with E-state index in [4.69, 9.17) is 5.73 Å². The van der Waals surface area contributed by atoms with Crippen LogP contribution in [0.25, 0.3) is 0 Å². The number of halogens is 1. The minimum atomic E-state index is -0.470. The molecule has 116 valence electrons. The van der Waals surface area contributed by atoms with Gasteiger partial charge >= 0.3 is 0 Å². The average molecular weight is 314 g/mol. The van der Waals surface area contributed by atoms with E-state index in [1.165, 1.54) is 12.1 Å². The van der Waals surface area contributed by atoms with Gasteiger partial charge in [-0.2, -0.15) is 0 Å². The minimum Gasteiger partial charge on any atom is -0.338 e. The Balaban J connectivity index is 0.00000220. The summed E-state index contributed by atoms with van der Waals surface area (Å²) in [5, 5.41) is 10.9. The molecule has 21 heavy (non-hydrogen) atoms. The van der Waals surface area contributed by atoms with Crippen LogP contribution in [-0.2, 0) is 0 Å². The fourth-order valence-corrected chi connectivity index (χ4v) is 2.62. The first-order valence-corrected chi connectivity index (χ1v) is 6.76. The van der Waals surface area contributed by atoms with E-state index in [9.17, 15) is 14.9 Å². The number of benzene rings is 1. The summed E-state index contributed by atoms with van der Waals surface area (Å²) < 4.78 is 0. The molecule has 1 aromatic carbocycles. The Morgan fingerprint density at radius 3 is 2.81 bits per heavy atom. The second-order valence-corrected chi connectivity index (χ2v) is 5.31. The molecule has 1 amide bonds. The third-order valence-electron chi connectivity index (χ3n) is 3.66. The van der Waals surface area contributed by atoms with Crippen LogP contribution in [0.2, 0.25) is 0 Å². The number of nitrogens with two attached hydrogens (primary N) is 1. The largest absolute Gasteiger partial charge is 0.338 e.